The lowest BCUT2D eigenvalue weighted by Crippen LogP contribution is -2.44. The Bertz CT molecular complexity index is 975. The number of likely N-dealkylation sites (N-methyl/N-ethyl adjacent to an activating group) is 1. The van der Waals surface area contributed by atoms with E-state index in [0.29, 0.717) is 5.56 Å². The van der Waals surface area contributed by atoms with Gasteiger partial charge in [-0.05, 0) is 45.4 Å². The molecule has 1 saturated heterocycles. The van der Waals surface area contributed by atoms with Crippen molar-refractivity contribution in [1.82, 2.24) is 20.1 Å². The second kappa shape index (κ2) is 7.55. The van der Waals surface area contributed by atoms with Gasteiger partial charge in [0.15, 0.2) is 0 Å². The second-order valence-electron chi connectivity index (χ2n) is 7.32. The molecule has 0 saturated carbocycles. The third-order valence-electron chi connectivity index (χ3n) is 5.28. The number of aromatic nitrogens is 1. The Kier molecular flexibility index (Phi) is 5.44. The van der Waals surface area contributed by atoms with Crippen LogP contribution >= 0.6 is 11.3 Å². The summed E-state index contributed by atoms with van der Waals surface area (Å²) in [4.78, 5) is 45.9. The van der Waals surface area contributed by atoms with E-state index in [0.717, 1.165) is 20.5 Å². The van der Waals surface area contributed by atoms with E-state index in [4.69, 9.17) is 0 Å². The first-order valence-electron chi connectivity index (χ1n) is 9.14. The maximum absolute atomic E-state index is 13.2. The Balaban J connectivity index is 1.76. The van der Waals surface area contributed by atoms with Crippen LogP contribution in [0.2, 0.25) is 0 Å². The number of hydrogen-bond acceptors (Lipinski definition) is 5. The van der Waals surface area contributed by atoms with E-state index in [1.165, 1.54) is 40.5 Å². The van der Waals surface area contributed by atoms with Crippen molar-refractivity contribution in [3.63, 3.8) is 0 Å². The Hall–Kier alpha value is -2.81. The number of rotatable bonds is 5. The van der Waals surface area contributed by atoms with E-state index in [1.807, 2.05) is 20.8 Å². The van der Waals surface area contributed by atoms with Gasteiger partial charge in [0.05, 0.1) is 16.7 Å². The van der Waals surface area contributed by atoms with Gasteiger partial charge in [0.25, 0.3) is 5.91 Å². The summed E-state index contributed by atoms with van der Waals surface area (Å²) in [5, 5.41) is 3.53. The third-order valence-corrected chi connectivity index (χ3v) is 6.53. The summed E-state index contributed by atoms with van der Waals surface area (Å²) in [6.45, 7) is 6.84. The monoisotopic (exact) mass is 418 g/mol. The molecule has 0 bridgehead atoms. The van der Waals surface area contributed by atoms with Crippen molar-refractivity contribution in [2.24, 2.45) is 0 Å². The summed E-state index contributed by atoms with van der Waals surface area (Å²) in [5.41, 5.74) is -0.0381. The van der Waals surface area contributed by atoms with Gasteiger partial charge in [0, 0.05) is 11.9 Å². The van der Waals surface area contributed by atoms with Crippen molar-refractivity contribution in [2.75, 3.05) is 13.6 Å². The summed E-state index contributed by atoms with van der Waals surface area (Å²) >= 11 is 1.51. The molecule has 0 spiro atoms. The van der Waals surface area contributed by atoms with E-state index >= 15 is 0 Å². The van der Waals surface area contributed by atoms with Gasteiger partial charge in [0.1, 0.15) is 17.9 Å². The SMILES string of the molecule is Cc1nc(C)c(C(C)N(C)C(=O)CN2C(=O)NC(C)(c3ccc(F)cc3)C2=O)s1. The molecular formula is C20H23FN4O3S. The number of amides is 4. The van der Waals surface area contributed by atoms with E-state index < -0.39 is 23.3 Å². The predicted octanol–water partition coefficient (Wildman–Crippen LogP) is 2.89. The number of hydrogen-bond donors (Lipinski definition) is 1. The van der Waals surface area contributed by atoms with Crippen LogP contribution < -0.4 is 5.32 Å². The number of aryl methyl sites for hydroxylation is 2. The molecule has 154 valence electrons. The first kappa shape index (κ1) is 20.9. The smallest absolute Gasteiger partial charge is 0.325 e. The van der Waals surface area contributed by atoms with Crippen LogP contribution in [0.4, 0.5) is 9.18 Å². The average molecular weight is 418 g/mol. The lowest BCUT2D eigenvalue weighted by Gasteiger charge is -2.26. The fourth-order valence-electron chi connectivity index (χ4n) is 3.39. The van der Waals surface area contributed by atoms with Gasteiger partial charge < -0.3 is 10.2 Å². The Labute approximate surface area is 172 Å². The van der Waals surface area contributed by atoms with Crippen LogP contribution in [-0.4, -0.2) is 46.2 Å². The van der Waals surface area contributed by atoms with Crippen molar-refractivity contribution in [1.29, 1.82) is 0 Å². The minimum absolute atomic E-state index is 0.238. The van der Waals surface area contributed by atoms with Crippen LogP contribution in [0.15, 0.2) is 24.3 Å². The average Bonchev–Trinajstić information content (AvgIpc) is 3.11. The van der Waals surface area contributed by atoms with Gasteiger partial charge in [-0.1, -0.05) is 12.1 Å². The predicted molar refractivity (Wildman–Crippen MR) is 107 cm³/mol. The number of urea groups is 1. The van der Waals surface area contributed by atoms with Crippen LogP contribution in [0.25, 0.3) is 0 Å². The van der Waals surface area contributed by atoms with Gasteiger partial charge in [-0.15, -0.1) is 11.3 Å². The van der Waals surface area contributed by atoms with Crippen LogP contribution in [-0.2, 0) is 15.1 Å². The minimum atomic E-state index is -1.35. The fraction of sp³-hybridized carbons (Fsp3) is 0.400. The topological polar surface area (TPSA) is 82.6 Å². The zero-order chi connectivity index (χ0) is 21.5. The molecule has 1 aliphatic rings. The molecule has 2 atom stereocenters. The number of imide groups is 1. The number of nitrogens with one attached hydrogen (secondary N) is 1. The van der Waals surface area contributed by atoms with Crippen molar-refractivity contribution >= 4 is 29.2 Å². The summed E-state index contributed by atoms with van der Waals surface area (Å²) in [6, 6.07) is 4.45. The molecule has 1 aromatic heterocycles. The van der Waals surface area contributed by atoms with Gasteiger partial charge in [0.2, 0.25) is 5.91 Å². The highest BCUT2D eigenvalue weighted by Crippen LogP contribution is 2.31. The molecule has 0 radical (unpaired) electrons. The molecule has 29 heavy (non-hydrogen) atoms. The highest BCUT2D eigenvalue weighted by molar-refractivity contribution is 7.11. The Morgan fingerprint density at radius 1 is 1.31 bits per heavy atom. The maximum Gasteiger partial charge on any atom is 0.325 e. The number of carbonyl (C=O) groups is 3. The lowest BCUT2D eigenvalue weighted by molar-refractivity contribution is -0.139. The van der Waals surface area contributed by atoms with E-state index in [1.54, 1.807) is 14.0 Å². The molecule has 4 amide bonds. The van der Waals surface area contributed by atoms with Crippen LogP contribution in [0.3, 0.4) is 0 Å². The molecule has 9 heteroatoms. The number of halogens is 1. The maximum atomic E-state index is 13.2. The number of benzene rings is 1. The zero-order valence-corrected chi connectivity index (χ0v) is 17.8. The molecule has 2 unspecified atom stereocenters. The quantitative estimate of drug-likeness (QED) is 0.757. The van der Waals surface area contributed by atoms with E-state index in [-0.39, 0.29) is 18.5 Å². The molecule has 3 rings (SSSR count). The zero-order valence-electron chi connectivity index (χ0n) is 16.9. The van der Waals surface area contributed by atoms with Gasteiger partial charge in [-0.3, -0.25) is 14.5 Å². The van der Waals surface area contributed by atoms with Crippen molar-refractivity contribution in [3.05, 3.63) is 51.2 Å². The summed E-state index contributed by atoms with van der Waals surface area (Å²) in [7, 11) is 1.64. The first-order valence-corrected chi connectivity index (χ1v) is 9.96. The summed E-state index contributed by atoms with van der Waals surface area (Å²) in [6.07, 6.45) is 0. The summed E-state index contributed by atoms with van der Waals surface area (Å²) < 4.78 is 13.2. The first-order chi connectivity index (χ1) is 13.5. The number of carbonyl (C=O) groups excluding carboxylic acids is 3. The standard InChI is InChI=1S/C20H23FN4O3S/c1-11-17(29-13(3)22-11)12(2)24(5)16(26)10-25-18(27)20(4,23-19(25)28)14-6-8-15(21)9-7-14/h6-9,12H,10H2,1-5H3,(H,23,28). The largest absolute Gasteiger partial charge is 0.337 e. The molecule has 1 fully saturated rings. The van der Waals surface area contributed by atoms with Crippen LogP contribution in [0, 0.1) is 19.7 Å². The van der Waals surface area contributed by atoms with E-state index in [9.17, 15) is 18.8 Å². The van der Waals surface area contributed by atoms with Crippen molar-refractivity contribution in [3.8, 4) is 0 Å². The third kappa shape index (κ3) is 3.74. The van der Waals surface area contributed by atoms with Crippen molar-refractivity contribution in [2.45, 2.75) is 39.3 Å². The highest BCUT2D eigenvalue weighted by Gasteiger charge is 2.49. The number of thiazole rings is 1. The molecule has 2 heterocycles. The van der Waals surface area contributed by atoms with Gasteiger partial charge in [-0.25, -0.2) is 14.2 Å². The van der Waals surface area contributed by atoms with Crippen LogP contribution in [0.1, 0.15) is 41.0 Å². The molecule has 0 aliphatic carbocycles. The molecule has 1 N–H and O–H groups in total. The van der Waals surface area contributed by atoms with E-state index in [2.05, 4.69) is 10.3 Å². The summed E-state index contributed by atoms with van der Waals surface area (Å²) in [5.74, 6) is -1.35. The molecule has 1 aliphatic heterocycles. The normalized spacial score (nSPS) is 20.0. The van der Waals surface area contributed by atoms with Gasteiger partial charge in [-0.2, -0.15) is 0 Å². The second-order valence-corrected chi connectivity index (χ2v) is 8.55. The number of nitrogens with zero attached hydrogens (tertiary/aromatic N) is 3. The van der Waals surface area contributed by atoms with Crippen LogP contribution in [0.5, 0.6) is 0 Å². The highest BCUT2D eigenvalue weighted by atomic mass is 32.1. The van der Waals surface area contributed by atoms with Crippen molar-refractivity contribution < 1.29 is 18.8 Å². The minimum Gasteiger partial charge on any atom is -0.337 e. The molecule has 1 aromatic carbocycles. The van der Waals surface area contributed by atoms with Gasteiger partial charge >= 0.3 is 6.03 Å². The molecule has 2 aromatic rings. The lowest BCUT2D eigenvalue weighted by atomic mass is 9.92. The molecule has 7 nitrogen and oxygen atoms in total. The fourth-order valence-corrected chi connectivity index (χ4v) is 4.42. The Morgan fingerprint density at radius 2 is 1.93 bits per heavy atom. The Morgan fingerprint density at radius 3 is 2.48 bits per heavy atom. The molecular weight excluding hydrogens is 395 g/mol.